The Morgan fingerprint density at radius 2 is 1.90 bits per heavy atom. The molecule has 2 atom stereocenters. The molecule has 1 amide bonds. The highest BCUT2D eigenvalue weighted by molar-refractivity contribution is 7.99. The van der Waals surface area contributed by atoms with E-state index in [2.05, 4.69) is 30.4 Å². The maximum absolute atomic E-state index is 12.2. The summed E-state index contributed by atoms with van der Waals surface area (Å²) >= 11 is 1.79. The predicted octanol–water partition coefficient (Wildman–Crippen LogP) is 4.16. The number of nitrogens with one attached hydrogen (secondary N) is 1. The zero-order chi connectivity index (χ0) is 16.0. The van der Waals surface area contributed by atoms with Crippen LogP contribution in [0.25, 0.3) is 0 Å². The Morgan fingerprint density at radius 1 is 1.33 bits per heavy atom. The Labute approximate surface area is 132 Å². The normalized spacial score (nSPS) is 14.1. The Kier molecular flexibility index (Phi) is 6.29. The van der Waals surface area contributed by atoms with Crippen LogP contribution in [0.5, 0.6) is 0 Å². The van der Waals surface area contributed by atoms with Gasteiger partial charge in [0.2, 0.25) is 5.91 Å². The van der Waals surface area contributed by atoms with Gasteiger partial charge in [0.15, 0.2) is 0 Å². The molecule has 1 rings (SSSR count). The highest BCUT2D eigenvalue weighted by Gasteiger charge is 2.31. The Bertz CT molecular complexity index is 511. The van der Waals surface area contributed by atoms with Crippen molar-refractivity contribution in [2.24, 2.45) is 11.3 Å². The first-order valence-corrected chi connectivity index (χ1v) is 8.21. The molecule has 3 nitrogen and oxygen atoms in total. The van der Waals surface area contributed by atoms with Gasteiger partial charge in [0, 0.05) is 4.90 Å². The number of rotatable bonds is 5. The molecule has 1 aromatic carbocycles. The number of benzene rings is 1. The molecule has 4 heteroatoms. The van der Waals surface area contributed by atoms with Gasteiger partial charge in [-0.1, -0.05) is 39.8 Å². The van der Waals surface area contributed by atoms with Crippen LogP contribution in [0.2, 0.25) is 0 Å². The predicted molar refractivity (Wildman–Crippen MR) is 88.0 cm³/mol. The molecule has 0 aliphatic heterocycles. The summed E-state index contributed by atoms with van der Waals surface area (Å²) in [6.07, 6.45) is 0. The van der Waals surface area contributed by atoms with Crippen molar-refractivity contribution in [3.8, 4) is 6.07 Å². The van der Waals surface area contributed by atoms with Crippen molar-refractivity contribution in [1.29, 1.82) is 5.26 Å². The molecule has 0 spiro atoms. The number of amides is 1. The van der Waals surface area contributed by atoms with E-state index >= 15 is 0 Å². The third-order valence-corrected chi connectivity index (χ3v) is 4.20. The van der Waals surface area contributed by atoms with E-state index in [9.17, 15) is 10.1 Å². The van der Waals surface area contributed by atoms with Crippen LogP contribution in [-0.4, -0.2) is 11.7 Å². The van der Waals surface area contributed by atoms with E-state index in [0.29, 0.717) is 0 Å². The molecule has 114 valence electrons. The van der Waals surface area contributed by atoms with E-state index in [1.165, 1.54) is 4.90 Å². The average molecular weight is 304 g/mol. The molecule has 0 aliphatic rings. The summed E-state index contributed by atoms with van der Waals surface area (Å²) in [5.41, 5.74) is 0.689. The second kappa shape index (κ2) is 7.51. The molecule has 0 saturated heterocycles. The molecule has 0 fully saturated rings. The topological polar surface area (TPSA) is 52.9 Å². The SMILES string of the molecule is CCSc1ccc(C(C)NC(=O)C(C#N)C(C)(C)C)cc1. The van der Waals surface area contributed by atoms with Crippen molar-refractivity contribution >= 4 is 17.7 Å². The van der Waals surface area contributed by atoms with E-state index in [0.717, 1.165) is 11.3 Å². The van der Waals surface area contributed by atoms with Gasteiger partial charge in [-0.15, -0.1) is 11.8 Å². The summed E-state index contributed by atoms with van der Waals surface area (Å²) in [6.45, 7) is 9.78. The van der Waals surface area contributed by atoms with E-state index in [1.807, 2.05) is 39.8 Å². The van der Waals surface area contributed by atoms with Crippen LogP contribution in [-0.2, 0) is 4.79 Å². The molecule has 1 N–H and O–H groups in total. The summed E-state index contributed by atoms with van der Waals surface area (Å²) in [5, 5.41) is 12.1. The van der Waals surface area contributed by atoms with Gasteiger partial charge in [-0.05, 0) is 35.8 Å². The number of nitriles is 1. The number of hydrogen-bond donors (Lipinski definition) is 1. The molecule has 0 saturated carbocycles. The number of carbonyl (C=O) groups is 1. The zero-order valence-corrected chi connectivity index (χ0v) is 14.3. The molecule has 0 aromatic heterocycles. The fraction of sp³-hybridized carbons (Fsp3) is 0.529. The van der Waals surface area contributed by atoms with Gasteiger partial charge in [-0.2, -0.15) is 5.26 Å². The molecule has 0 radical (unpaired) electrons. The number of hydrogen-bond acceptors (Lipinski definition) is 3. The number of carbonyl (C=O) groups excluding carboxylic acids is 1. The van der Waals surface area contributed by atoms with Crippen LogP contribution < -0.4 is 5.32 Å². The minimum atomic E-state index is -0.644. The molecule has 0 aliphatic carbocycles. The van der Waals surface area contributed by atoms with Crippen LogP contribution in [0, 0.1) is 22.7 Å². The maximum atomic E-state index is 12.2. The highest BCUT2D eigenvalue weighted by atomic mass is 32.2. The molecule has 0 heterocycles. The van der Waals surface area contributed by atoms with Crippen LogP contribution in [0.15, 0.2) is 29.2 Å². The average Bonchev–Trinajstić information content (AvgIpc) is 2.38. The minimum absolute atomic E-state index is 0.101. The fourth-order valence-corrected chi connectivity index (χ4v) is 2.71. The van der Waals surface area contributed by atoms with Gasteiger partial charge < -0.3 is 5.32 Å². The highest BCUT2D eigenvalue weighted by Crippen LogP contribution is 2.26. The van der Waals surface area contributed by atoms with Crippen molar-refractivity contribution in [1.82, 2.24) is 5.32 Å². The molecule has 21 heavy (non-hydrogen) atoms. The van der Waals surface area contributed by atoms with Gasteiger partial charge in [-0.25, -0.2) is 0 Å². The Morgan fingerprint density at radius 3 is 2.33 bits per heavy atom. The van der Waals surface area contributed by atoms with Gasteiger partial charge in [-0.3, -0.25) is 4.79 Å². The summed E-state index contributed by atoms with van der Waals surface area (Å²) in [7, 11) is 0. The molecule has 0 bridgehead atoms. The summed E-state index contributed by atoms with van der Waals surface area (Å²) in [4.78, 5) is 13.5. The second-order valence-corrected chi connectivity index (χ2v) is 7.50. The van der Waals surface area contributed by atoms with Crippen molar-refractivity contribution in [3.05, 3.63) is 29.8 Å². The molecule has 2 unspecified atom stereocenters. The lowest BCUT2D eigenvalue weighted by Crippen LogP contribution is -2.38. The van der Waals surface area contributed by atoms with Gasteiger partial charge in [0.1, 0.15) is 5.92 Å². The monoisotopic (exact) mass is 304 g/mol. The largest absolute Gasteiger partial charge is 0.348 e. The Hall–Kier alpha value is -1.47. The third-order valence-electron chi connectivity index (χ3n) is 3.31. The molecule has 1 aromatic rings. The summed E-state index contributed by atoms with van der Waals surface area (Å²) < 4.78 is 0. The van der Waals surface area contributed by atoms with E-state index < -0.39 is 5.92 Å². The summed E-state index contributed by atoms with van der Waals surface area (Å²) in [6, 6.07) is 10.2. The van der Waals surface area contributed by atoms with Crippen LogP contribution in [0.1, 0.15) is 46.2 Å². The van der Waals surface area contributed by atoms with Gasteiger partial charge >= 0.3 is 0 Å². The number of thioether (sulfide) groups is 1. The first-order valence-electron chi connectivity index (χ1n) is 7.22. The molecular formula is C17H24N2OS. The fourth-order valence-electron chi connectivity index (χ4n) is 2.05. The lowest BCUT2D eigenvalue weighted by Gasteiger charge is -2.25. The summed E-state index contributed by atoms with van der Waals surface area (Å²) in [5.74, 6) is 0.195. The van der Waals surface area contributed by atoms with Crippen molar-refractivity contribution in [2.75, 3.05) is 5.75 Å². The number of nitrogens with zero attached hydrogens (tertiary/aromatic N) is 1. The van der Waals surface area contributed by atoms with Crippen LogP contribution in [0.3, 0.4) is 0 Å². The third kappa shape index (κ3) is 5.09. The van der Waals surface area contributed by atoms with E-state index in [4.69, 9.17) is 0 Å². The smallest absolute Gasteiger partial charge is 0.238 e. The van der Waals surface area contributed by atoms with Crippen molar-refractivity contribution in [3.63, 3.8) is 0 Å². The standard InChI is InChI=1S/C17H24N2OS/c1-6-21-14-9-7-13(8-10-14)12(2)19-16(20)15(11-18)17(3,4)5/h7-10,12,15H,6H2,1-5H3,(H,19,20). The maximum Gasteiger partial charge on any atom is 0.238 e. The Balaban J connectivity index is 2.74. The van der Waals surface area contributed by atoms with E-state index in [-0.39, 0.29) is 17.4 Å². The van der Waals surface area contributed by atoms with Gasteiger partial charge in [0.05, 0.1) is 12.1 Å². The minimum Gasteiger partial charge on any atom is -0.348 e. The second-order valence-electron chi connectivity index (χ2n) is 6.16. The lowest BCUT2D eigenvalue weighted by molar-refractivity contribution is -0.126. The van der Waals surface area contributed by atoms with Gasteiger partial charge in [0.25, 0.3) is 0 Å². The van der Waals surface area contributed by atoms with Crippen molar-refractivity contribution < 1.29 is 4.79 Å². The molecular weight excluding hydrogens is 280 g/mol. The lowest BCUT2D eigenvalue weighted by atomic mass is 9.81. The van der Waals surface area contributed by atoms with Crippen LogP contribution in [0.4, 0.5) is 0 Å². The van der Waals surface area contributed by atoms with E-state index in [1.54, 1.807) is 11.8 Å². The first kappa shape index (κ1) is 17.6. The van der Waals surface area contributed by atoms with Crippen molar-refractivity contribution in [2.45, 2.75) is 45.6 Å². The zero-order valence-electron chi connectivity index (χ0n) is 13.4. The van der Waals surface area contributed by atoms with Crippen LogP contribution >= 0.6 is 11.8 Å². The first-order chi connectivity index (χ1) is 9.79. The quantitative estimate of drug-likeness (QED) is 0.831.